The third-order valence-electron chi connectivity index (χ3n) is 3.09. The van der Waals surface area contributed by atoms with Crippen molar-refractivity contribution in [2.24, 2.45) is 0 Å². The zero-order valence-corrected chi connectivity index (χ0v) is 9.35. The zero-order valence-electron chi connectivity index (χ0n) is 9.35. The fourth-order valence-electron chi connectivity index (χ4n) is 1.95. The quantitative estimate of drug-likeness (QED) is 0.634. The number of carboxylic acids is 1. The summed E-state index contributed by atoms with van der Waals surface area (Å²) in [5.41, 5.74) is -1.41. The zero-order chi connectivity index (χ0) is 13.3. The Kier molecular flexibility index (Phi) is 2.90. The molecule has 18 heavy (non-hydrogen) atoms. The lowest BCUT2D eigenvalue weighted by Crippen LogP contribution is -2.52. The van der Waals surface area contributed by atoms with Crippen LogP contribution in [0.4, 0.5) is 15.8 Å². The van der Waals surface area contributed by atoms with Gasteiger partial charge in [-0.1, -0.05) is 0 Å². The lowest BCUT2D eigenvalue weighted by atomic mass is 9.76. The van der Waals surface area contributed by atoms with Crippen molar-refractivity contribution in [2.45, 2.75) is 24.8 Å². The number of nitro groups is 1. The van der Waals surface area contributed by atoms with E-state index in [1.165, 1.54) is 0 Å². The van der Waals surface area contributed by atoms with Gasteiger partial charge in [-0.25, -0.2) is 9.18 Å². The monoisotopic (exact) mass is 254 g/mol. The number of nitrogens with one attached hydrogen (secondary N) is 1. The molecule has 0 heterocycles. The molecule has 1 aliphatic rings. The van der Waals surface area contributed by atoms with Crippen molar-refractivity contribution in [1.29, 1.82) is 0 Å². The number of anilines is 1. The van der Waals surface area contributed by atoms with Crippen molar-refractivity contribution in [3.8, 4) is 0 Å². The van der Waals surface area contributed by atoms with Crippen molar-refractivity contribution in [3.63, 3.8) is 0 Å². The minimum atomic E-state index is -1.12. The molecule has 96 valence electrons. The molecule has 0 saturated heterocycles. The average molecular weight is 254 g/mol. The number of nitro benzene ring substituents is 1. The van der Waals surface area contributed by atoms with E-state index >= 15 is 0 Å². The minimum Gasteiger partial charge on any atom is -0.480 e. The summed E-state index contributed by atoms with van der Waals surface area (Å²) in [6.07, 6.45) is 1.61. The maximum atomic E-state index is 13.2. The lowest BCUT2D eigenvalue weighted by Gasteiger charge is -2.39. The number of halogens is 1. The normalized spacial score (nSPS) is 16.7. The number of carboxylic acid groups (broad SMARTS) is 1. The Bertz CT molecular complexity index is 514. The molecule has 2 rings (SSSR count). The molecule has 0 aromatic heterocycles. The molecule has 1 aromatic carbocycles. The van der Waals surface area contributed by atoms with Gasteiger partial charge >= 0.3 is 5.97 Å². The maximum Gasteiger partial charge on any atom is 0.329 e. The second kappa shape index (κ2) is 4.25. The number of benzene rings is 1. The fourth-order valence-corrected chi connectivity index (χ4v) is 1.95. The molecule has 0 atom stereocenters. The highest BCUT2D eigenvalue weighted by atomic mass is 19.1. The minimum absolute atomic E-state index is 0.115. The van der Waals surface area contributed by atoms with Gasteiger partial charge in [-0.2, -0.15) is 0 Å². The van der Waals surface area contributed by atoms with Gasteiger partial charge in [-0.05, 0) is 25.3 Å². The second-order valence-corrected chi connectivity index (χ2v) is 4.32. The van der Waals surface area contributed by atoms with Crippen molar-refractivity contribution in [2.75, 3.05) is 5.32 Å². The average Bonchev–Trinajstić information content (AvgIpc) is 2.22. The molecular weight excluding hydrogens is 243 g/mol. The smallest absolute Gasteiger partial charge is 0.329 e. The van der Waals surface area contributed by atoms with Crippen LogP contribution in [-0.2, 0) is 4.79 Å². The first-order valence-corrected chi connectivity index (χ1v) is 5.39. The largest absolute Gasteiger partial charge is 0.480 e. The topological polar surface area (TPSA) is 92.5 Å². The predicted molar refractivity (Wildman–Crippen MR) is 60.9 cm³/mol. The van der Waals surface area contributed by atoms with Gasteiger partial charge < -0.3 is 10.4 Å². The molecule has 1 aliphatic carbocycles. The Balaban J connectivity index is 2.29. The van der Waals surface area contributed by atoms with Gasteiger partial charge in [-0.3, -0.25) is 10.1 Å². The Morgan fingerprint density at radius 2 is 2.11 bits per heavy atom. The molecule has 1 saturated carbocycles. The van der Waals surface area contributed by atoms with Gasteiger partial charge in [0.05, 0.1) is 11.0 Å². The predicted octanol–water partition coefficient (Wildman–Crippen LogP) is 2.15. The first-order valence-electron chi connectivity index (χ1n) is 5.39. The van der Waals surface area contributed by atoms with Crippen molar-refractivity contribution < 1.29 is 19.2 Å². The Morgan fingerprint density at radius 3 is 2.56 bits per heavy atom. The van der Waals surface area contributed by atoms with Crippen LogP contribution in [0.2, 0.25) is 0 Å². The van der Waals surface area contributed by atoms with Crippen LogP contribution in [0.5, 0.6) is 0 Å². The van der Waals surface area contributed by atoms with Crippen LogP contribution >= 0.6 is 0 Å². The van der Waals surface area contributed by atoms with E-state index in [4.69, 9.17) is 5.11 Å². The van der Waals surface area contributed by atoms with Crippen LogP contribution in [0, 0.1) is 15.9 Å². The molecule has 2 N–H and O–H groups in total. The highest BCUT2D eigenvalue weighted by Crippen LogP contribution is 2.36. The number of nitrogens with zero attached hydrogens (tertiary/aromatic N) is 1. The standard InChI is InChI=1S/C11H11FN2O4/c12-7-4-8(6-9(5-7)14(17)18)13-11(10(15)16)2-1-3-11/h4-6,13H,1-3H2,(H,15,16). The van der Waals surface area contributed by atoms with Crippen molar-refractivity contribution >= 4 is 17.3 Å². The van der Waals surface area contributed by atoms with Crippen LogP contribution in [-0.4, -0.2) is 21.5 Å². The molecular formula is C11H11FN2O4. The summed E-state index contributed by atoms with van der Waals surface area (Å²) in [5.74, 6) is -1.80. The summed E-state index contributed by atoms with van der Waals surface area (Å²) in [5, 5.41) is 22.4. The Labute approximate surface area is 102 Å². The Morgan fingerprint density at radius 1 is 1.44 bits per heavy atom. The first-order chi connectivity index (χ1) is 8.43. The van der Waals surface area contributed by atoms with Crippen LogP contribution in [0.25, 0.3) is 0 Å². The number of non-ortho nitro benzene ring substituents is 1. The molecule has 1 fully saturated rings. The SMILES string of the molecule is O=C(O)C1(Nc2cc(F)cc([N+](=O)[O-])c2)CCC1. The number of carbonyl (C=O) groups is 1. The highest BCUT2D eigenvalue weighted by Gasteiger charge is 2.44. The van der Waals surface area contributed by atoms with Gasteiger partial charge in [0, 0.05) is 11.8 Å². The number of aliphatic carboxylic acids is 1. The van der Waals surface area contributed by atoms with E-state index in [1.807, 2.05) is 0 Å². The van der Waals surface area contributed by atoms with Gasteiger partial charge in [-0.15, -0.1) is 0 Å². The molecule has 0 unspecified atom stereocenters. The van der Waals surface area contributed by atoms with E-state index in [9.17, 15) is 19.3 Å². The van der Waals surface area contributed by atoms with Gasteiger partial charge in [0.25, 0.3) is 5.69 Å². The van der Waals surface area contributed by atoms with E-state index in [-0.39, 0.29) is 5.69 Å². The molecule has 1 aromatic rings. The number of hydrogen-bond donors (Lipinski definition) is 2. The molecule has 0 aliphatic heterocycles. The van der Waals surface area contributed by atoms with Crippen LogP contribution < -0.4 is 5.32 Å². The molecule has 0 spiro atoms. The molecule has 7 heteroatoms. The summed E-state index contributed by atoms with van der Waals surface area (Å²) in [6.45, 7) is 0. The van der Waals surface area contributed by atoms with E-state index in [1.54, 1.807) is 0 Å². The summed E-state index contributed by atoms with van der Waals surface area (Å²) in [6, 6.07) is 2.97. The summed E-state index contributed by atoms with van der Waals surface area (Å²) >= 11 is 0. The number of rotatable bonds is 4. The first kappa shape index (κ1) is 12.3. The molecule has 0 radical (unpaired) electrons. The van der Waals surface area contributed by atoms with Gasteiger partial charge in [0.2, 0.25) is 0 Å². The van der Waals surface area contributed by atoms with E-state index < -0.39 is 27.9 Å². The fraction of sp³-hybridized carbons (Fsp3) is 0.364. The third-order valence-corrected chi connectivity index (χ3v) is 3.09. The van der Waals surface area contributed by atoms with E-state index in [2.05, 4.69) is 5.32 Å². The third kappa shape index (κ3) is 2.11. The van der Waals surface area contributed by atoms with E-state index in [0.717, 1.165) is 24.6 Å². The summed E-state index contributed by atoms with van der Waals surface area (Å²) < 4.78 is 13.2. The summed E-state index contributed by atoms with van der Waals surface area (Å²) in [4.78, 5) is 21.0. The van der Waals surface area contributed by atoms with Crippen LogP contribution in [0.1, 0.15) is 19.3 Å². The second-order valence-electron chi connectivity index (χ2n) is 4.32. The van der Waals surface area contributed by atoms with Crippen LogP contribution in [0.3, 0.4) is 0 Å². The van der Waals surface area contributed by atoms with Crippen molar-refractivity contribution in [3.05, 3.63) is 34.1 Å². The van der Waals surface area contributed by atoms with Crippen LogP contribution in [0.15, 0.2) is 18.2 Å². The van der Waals surface area contributed by atoms with E-state index in [0.29, 0.717) is 12.8 Å². The number of hydrogen-bond acceptors (Lipinski definition) is 4. The maximum absolute atomic E-state index is 13.2. The molecule has 0 bridgehead atoms. The lowest BCUT2D eigenvalue weighted by molar-refractivity contribution is -0.385. The molecule has 0 amide bonds. The summed E-state index contributed by atoms with van der Waals surface area (Å²) in [7, 11) is 0. The van der Waals surface area contributed by atoms with Crippen molar-refractivity contribution in [1.82, 2.24) is 0 Å². The van der Waals surface area contributed by atoms with Gasteiger partial charge in [0.15, 0.2) is 0 Å². The Hall–Kier alpha value is -2.18. The highest BCUT2D eigenvalue weighted by molar-refractivity contribution is 5.84. The van der Waals surface area contributed by atoms with Gasteiger partial charge in [0.1, 0.15) is 11.4 Å². The molecule has 6 nitrogen and oxygen atoms in total.